The van der Waals surface area contributed by atoms with Gasteiger partial charge in [0.05, 0.1) is 18.7 Å². The van der Waals surface area contributed by atoms with E-state index in [-0.39, 0.29) is 23.5 Å². The summed E-state index contributed by atoms with van der Waals surface area (Å²) < 4.78 is 20.2. The topological polar surface area (TPSA) is 81.1 Å². The van der Waals surface area contributed by atoms with Crippen molar-refractivity contribution in [1.29, 1.82) is 0 Å². The number of hydrogen-bond donors (Lipinski definition) is 2. The summed E-state index contributed by atoms with van der Waals surface area (Å²) in [5.74, 6) is -0.435. The molecule has 0 amide bonds. The van der Waals surface area contributed by atoms with Crippen LogP contribution in [0, 0.1) is 5.82 Å². The van der Waals surface area contributed by atoms with Gasteiger partial charge in [-0.25, -0.2) is 18.9 Å². The Bertz CT molecular complexity index is 1290. The van der Waals surface area contributed by atoms with Crippen LogP contribution in [0.5, 0.6) is 0 Å². The average Bonchev–Trinajstić information content (AvgIpc) is 3.41. The van der Waals surface area contributed by atoms with Gasteiger partial charge in [0.15, 0.2) is 5.11 Å². The van der Waals surface area contributed by atoms with Crippen molar-refractivity contribution in [3.05, 3.63) is 94.4 Å². The summed E-state index contributed by atoms with van der Waals surface area (Å²) in [6.45, 7) is 2.41. The molecule has 10 heteroatoms. The summed E-state index contributed by atoms with van der Waals surface area (Å²) in [4.78, 5) is 17.7. The zero-order valence-corrected chi connectivity index (χ0v) is 20.0. The number of ether oxygens (including phenoxy) is 1. The third kappa shape index (κ3) is 6.24. The van der Waals surface area contributed by atoms with E-state index in [2.05, 4.69) is 20.7 Å². The number of anilines is 2. The number of halogens is 1. The summed E-state index contributed by atoms with van der Waals surface area (Å²) in [5, 5.41) is 11.1. The molecule has 0 aliphatic carbocycles. The Morgan fingerprint density at radius 1 is 1.12 bits per heavy atom. The molecule has 0 radical (unpaired) electrons. The van der Waals surface area contributed by atoms with Gasteiger partial charge < -0.3 is 10.1 Å². The highest BCUT2D eigenvalue weighted by molar-refractivity contribution is 7.80. The lowest BCUT2D eigenvalue weighted by molar-refractivity contribution is 0.0528. The normalized spacial score (nSPS) is 10.6. The zero-order valence-electron chi connectivity index (χ0n) is 18.3. The van der Waals surface area contributed by atoms with Crippen molar-refractivity contribution in [3.63, 3.8) is 0 Å². The van der Waals surface area contributed by atoms with E-state index < -0.39 is 5.97 Å². The van der Waals surface area contributed by atoms with E-state index in [1.165, 1.54) is 29.8 Å². The molecule has 34 heavy (non-hydrogen) atoms. The van der Waals surface area contributed by atoms with Crippen LogP contribution in [-0.2, 0) is 17.7 Å². The third-order valence-corrected chi connectivity index (χ3v) is 5.98. The molecule has 2 heterocycles. The number of esters is 1. The van der Waals surface area contributed by atoms with Crippen molar-refractivity contribution in [2.75, 3.05) is 17.2 Å². The first-order valence-electron chi connectivity index (χ1n) is 10.6. The number of hydrogen-bond acceptors (Lipinski definition) is 6. The van der Waals surface area contributed by atoms with Crippen molar-refractivity contribution in [1.82, 2.24) is 14.8 Å². The molecule has 2 N–H and O–H groups in total. The molecule has 0 aliphatic rings. The van der Waals surface area contributed by atoms with Crippen LogP contribution in [0.3, 0.4) is 0 Å². The molecule has 0 aliphatic heterocycles. The lowest BCUT2D eigenvalue weighted by atomic mass is 10.1. The second kappa shape index (κ2) is 11.0. The lowest BCUT2D eigenvalue weighted by Gasteiger charge is -2.08. The second-order valence-corrected chi connectivity index (χ2v) is 8.86. The van der Waals surface area contributed by atoms with Gasteiger partial charge in [0.25, 0.3) is 0 Å². The molecule has 4 rings (SSSR count). The number of carbonyl (C=O) groups is 1. The molecule has 0 unspecified atom stereocenters. The lowest BCUT2D eigenvalue weighted by Crippen LogP contribution is -2.21. The molecule has 7 nitrogen and oxygen atoms in total. The van der Waals surface area contributed by atoms with Crippen molar-refractivity contribution < 1.29 is 13.9 Å². The van der Waals surface area contributed by atoms with Crippen molar-refractivity contribution in [3.8, 4) is 0 Å². The molecular formula is C24H22FN5O2S2. The summed E-state index contributed by atoms with van der Waals surface area (Å²) in [5.41, 5.74) is 2.33. The first-order valence-corrected chi connectivity index (χ1v) is 11.8. The van der Waals surface area contributed by atoms with Gasteiger partial charge in [0.1, 0.15) is 17.1 Å². The van der Waals surface area contributed by atoms with E-state index in [0.29, 0.717) is 23.5 Å². The molecular weight excluding hydrogens is 473 g/mol. The van der Waals surface area contributed by atoms with Crippen LogP contribution in [0.2, 0.25) is 0 Å². The molecule has 2 aromatic heterocycles. The van der Waals surface area contributed by atoms with Crippen LogP contribution >= 0.6 is 23.6 Å². The predicted molar refractivity (Wildman–Crippen MR) is 135 cm³/mol. The standard InChI is InChI=1S/C24H22FN5O2S2/c1-2-32-22(31)20-13-19(12-16-7-4-3-5-8-16)34-21(20)27-24(33)28-23-26-15-30(29-23)14-17-9-6-10-18(25)11-17/h3-11,13,15H,2,12,14H2,1H3,(H2,27,28,29,33). The van der Waals surface area contributed by atoms with Crippen LogP contribution in [0.1, 0.15) is 33.3 Å². The van der Waals surface area contributed by atoms with Crippen molar-refractivity contribution >= 4 is 45.6 Å². The van der Waals surface area contributed by atoms with Crippen LogP contribution in [0.15, 0.2) is 67.0 Å². The highest BCUT2D eigenvalue weighted by atomic mass is 32.1. The van der Waals surface area contributed by atoms with Gasteiger partial charge in [0, 0.05) is 11.3 Å². The molecule has 174 valence electrons. The number of thiocarbonyl (C=S) groups is 1. The summed E-state index contributed by atoms with van der Waals surface area (Å²) in [6.07, 6.45) is 2.22. The largest absolute Gasteiger partial charge is 0.462 e. The average molecular weight is 496 g/mol. The van der Waals surface area contributed by atoms with Crippen molar-refractivity contribution in [2.45, 2.75) is 19.9 Å². The number of benzene rings is 2. The smallest absolute Gasteiger partial charge is 0.341 e. The maximum atomic E-state index is 13.4. The van der Waals surface area contributed by atoms with Gasteiger partial charge in [-0.2, -0.15) is 0 Å². The monoisotopic (exact) mass is 495 g/mol. The van der Waals surface area contributed by atoms with E-state index in [0.717, 1.165) is 16.0 Å². The summed E-state index contributed by atoms with van der Waals surface area (Å²) in [7, 11) is 0. The van der Waals surface area contributed by atoms with Gasteiger partial charge in [-0.1, -0.05) is 42.5 Å². The van der Waals surface area contributed by atoms with Gasteiger partial charge in [-0.05, 0) is 48.5 Å². The predicted octanol–water partition coefficient (Wildman–Crippen LogP) is 5.10. The number of thiophene rings is 1. The highest BCUT2D eigenvalue weighted by Crippen LogP contribution is 2.31. The minimum absolute atomic E-state index is 0.238. The molecule has 2 aromatic carbocycles. The molecule has 0 spiro atoms. The van der Waals surface area contributed by atoms with Crippen LogP contribution < -0.4 is 10.6 Å². The fraction of sp³-hybridized carbons (Fsp3) is 0.167. The van der Waals surface area contributed by atoms with E-state index >= 15 is 0 Å². The number of carbonyl (C=O) groups excluding carboxylic acids is 1. The Kier molecular flexibility index (Phi) is 7.61. The molecule has 0 bridgehead atoms. The van der Waals surface area contributed by atoms with Crippen molar-refractivity contribution in [2.24, 2.45) is 0 Å². The maximum absolute atomic E-state index is 13.4. The number of nitrogens with zero attached hydrogens (tertiary/aromatic N) is 3. The first kappa shape index (κ1) is 23.5. The fourth-order valence-corrected chi connectivity index (χ4v) is 4.61. The fourth-order valence-electron chi connectivity index (χ4n) is 3.27. The van der Waals surface area contributed by atoms with Crippen LogP contribution in [-0.4, -0.2) is 32.5 Å². The summed E-state index contributed by atoms with van der Waals surface area (Å²) in [6, 6.07) is 18.1. The number of nitrogens with one attached hydrogen (secondary N) is 2. The molecule has 0 saturated heterocycles. The summed E-state index contributed by atoms with van der Waals surface area (Å²) >= 11 is 6.85. The Morgan fingerprint density at radius 3 is 2.68 bits per heavy atom. The third-order valence-electron chi connectivity index (χ3n) is 4.72. The molecule has 0 saturated carbocycles. The second-order valence-electron chi connectivity index (χ2n) is 7.31. The van der Waals surface area contributed by atoms with Gasteiger partial charge in [-0.3, -0.25) is 5.32 Å². The quantitative estimate of drug-likeness (QED) is 0.260. The Balaban J connectivity index is 1.44. The minimum Gasteiger partial charge on any atom is -0.462 e. The Hall–Kier alpha value is -3.63. The first-order chi connectivity index (χ1) is 16.5. The minimum atomic E-state index is -0.416. The highest BCUT2D eigenvalue weighted by Gasteiger charge is 2.19. The van der Waals surface area contributed by atoms with E-state index in [4.69, 9.17) is 17.0 Å². The number of rotatable bonds is 8. The molecule has 4 aromatic rings. The van der Waals surface area contributed by atoms with Gasteiger partial charge in [0.2, 0.25) is 5.95 Å². The van der Waals surface area contributed by atoms with E-state index in [9.17, 15) is 9.18 Å². The Morgan fingerprint density at radius 2 is 1.91 bits per heavy atom. The SMILES string of the molecule is CCOC(=O)c1cc(Cc2ccccc2)sc1NC(=S)Nc1ncn(Cc2cccc(F)c2)n1. The molecule has 0 fully saturated rings. The zero-order chi connectivity index (χ0) is 23.9. The van der Waals surface area contributed by atoms with E-state index in [1.54, 1.807) is 17.7 Å². The number of aromatic nitrogens is 3. The molecule has 0 atom stereocenters. The van der Waals surface area contributed by atoms with Gasteiger partial charge in [-0.15, -0.1) is 16.4 Å². The van der Waals surface area contributed by atoms with Crippen LogP contribution in [0.25, 0.3) is 0 Å². The maximum Gasteiger partial charge on any atom is 0.341 e. The van der Waals surface area contributed by atoms with Crippen LogP contribution in [0.4, 0.5) is 15.3 Å². The Labute approximate surface area is 205 Å². The van der Waals surface area contributed by atoms with E-state index in [1.807, 2.05) is 42.5 Å². The van der Waals surface area contributed by atoms with Gasteiger partial charge >= 0.3 is 5.97 Å².